The molecule has 0 aromatic heterocycles. The van der Waals surface area contributed by atoms with Crippen molar-refractivity contribution in [2.24, 2.45) is 11.7 Å². The Hall–Kier alpha value is -0.0800. The third-order valence-corrected chi connectivity index (χ3v) is 3.31. The highest BCUT2D eigenvalue weighted by Crippen LogP contribution is 2.27. The predicted molar refractivity (Wildman–Crippen MR) is 62.3 cm³/mol. The van der Waals surface area contributed by atoms with Crippen molar-refractivity contribution < 1.29 is 0 Å². The summed E-state index contributed by atoms with van der Waals surface area (Å²) in [5.41, 5.74) is 6.13. The van der Waals surface area contributed by atoms with Gasteiger partial charge in [-0.1, -0.05) is 32.1 Å². The largest absolute Gasteiger partial charge is 0.328 e. The highest BCUT2D eigenvalue weighted by atomic mass is 15.0. The number of hydrogen-bond acceptors (Lipinski definition) is 2. The lowest BCUT2D eigenvalue weighted by Crippen LogP contribution is -2.29. The standard InChI is InChI=1S/C12H26N2/c1-14(2)9-8-12(13)10-11-6-4-3-5-7-11/h11-12H,3-10,13H2,1-2H3. The lowest BCUT2D eigenvalue weighted by Gasteiger charge is -2.25. The van der Waals surface area contributed by atoms with Gasteiger partial charge in [0.15, 0.2) is 0 Å². The van der Waals surface area contributed by atoms with E-state index in [9.17, 15) is 0 Å². The minimum atomic E-state index is 0.431. The van der Waals surface area contributed by atoms with Gasteiger partial charge in [-0.25, -0.2) is 0 Å². The van der Waals surface area contributed by atoms with Crippen molar-refractivity contribution in [3.63, 3.8) is 0 Å². The molecule has 1 saturated carbocycles. The van der Waals surface area contributed by atoms with E-state index in [0.29, 0.717) is 6.04 Å². The number of rotatable bonds is 5. The molecule has 0 spiro atoms. The van der Waals surface area contributed by atoms with E-state index >= 15 is 0 Å². The first-order valence-corrected chi connectivity index (χ1v) is 6.09. The Morgan fingerprint density at radius 1 is 1.21 bits per heavy atom. The van der Waals surface area contributed by atoms with Crippen LogP contribution in [-0.2, 0) is 0 Å². The molecule has 0 aromatic rings. The molecule has 1 atom stereocenters. The van der Waals surface area contributed by atoms with E-state index in [0.717, 1.165) is 18.9 Å². The molecule has 0 heterocycles. The molecule has 84 valence electrons. The average Bonchev–Trinajstić information content (AvgIpc) is 2.16. The molecule has 2 heteroatoms. The smallest absolute Gasteiger partial charge is 0.00536 e. The lowest BCUT2D eigenvalue weighted by molar-refractivity contribution is 0.297. The Morgan fingerprint density at radius 2 is 1.86 bits per heavy atom. The van der Waals surface area contributed by atoms with Crippen molar-refractivity contribution in [3.05, 3.63) is 0 Å². The van der Waals surface area contributed by atoms with E-state index in [1.807, 2.05) is 0 Å². The van der Waals surface area contributed by atoms with Gasteiger partial charge in [0.25, 0.3) is 0 Å². The number of nitrogens with zero attached hydrogens (tertiary/aromatic N) is 1. The topological polar surface area (TPSA) is 29.3 Å². The van der Waals surface area contributed by atoms with Crippen molar-refractivity contribution in [2.45, 2.75) is 51.0 Å². The molecule has 2 nitrogen and oxygen atoms in total. The number of nitrogens with two attached hydrogens (primary N) is 1. The maximum atomic E-state index is 6.13. The van der Waals surface area contributed by atoms with E-state index in [1.165, 1.54) is 38.5 Å². The lowest BCUT2D eigenvalue weighted by atomic mass is 9.84. The predicted octanol–water partition coefficient (Wildman–Crippen LogP) is 2.24. The van der Waals surface area contributed by atoms with Crippen LogP contribution in [0.15, 0.2) is 0 Å². The van der Waals surface area contributed by atoms with Crippen LogP contribution in [0.1, 0.15) is 44.9 Å². The van der Waals surface area contributed by atoms with Crippen LogP contribution < -0.4 is 5.73 Å². The van der Waals surface area contributed by atoms with Crippen molar-refractivity contribution in [1.82, 2.24) is 4.90 Å². The van der Waals surface area contributed by atoms with Crippen LogP contribution >= 0.6 is 0 Å². The van der Waals surface area contributed by atoms with Gasteiger partial charge in [-0.05, 0) is 39.4 Å². The first kappa shape index (κ1) is 12.0. The second-order valence-corrected chi connectivity index (χ2v) is 5.09. The van der Waals surface area contributed by atoms with Crippen molar-refractivity contribution in [1.29, 1.82) is 0 Å². The summed E-state index contributed by atoms with van der Waals surface area (Å²) in [4.78, 5) is 2.22. The van der Waals surface area contributed by atoms with Crippen LogP contribution in [-0.4, -0.2) is 31.6 Å². The summed E-state index contributed by atoms with van der Waals surface area (Å²) in [6, 6.07) is 0.431. The second-order valence-electron chi connectivity index (χ2n) is 5.09. The highest BCUT2D eigenvalue weighted by Gasteiger charge is 2.16. The van der Waals surface area contributed by atoms with Crippen LogP contribution in [0.5, 0.6) is 0 Å². The average molecular weight is 198 g/mol. The first-order valence-electron chi connectivity index (χ1n) is 6.09. The fourth-order valence-corrected chi connectivity index (χ4v) is 2.39. The van der Waals surface area contributed by atoms with Gasteiger partial charge in [-0.3, -0.25) is 0 Å². The molecule has 14 heavy (non-hydrogen) atoms. The minimum Gasteiger partial charge on any atom is -0.328 e. The van der Waals surface area contributed by atoms with Gasteiger partial charge in [0.2, 0.25) is 0 Å². The molecular weight excluding hydrogens is 172 g/mol. The van der Waals surface area contributed by atoms with E-state index in [1.54, 1.807) is 0 Å². The Morgan fingerprint density at radius 3 is 2.43 bits per heavy atom. The molecule has 0 amide bonds. The summed E-state index contributed by atoms with van der Waals surface area (Å²) in [6.45, 7) is 1.13. The SMILES string of the molecule is CN(C)CCC(N)CC1CCCCC1. The summed E-state index contributed by atoms with van der Waals surface area (Å²) in [7, 11) is 4.24. The third kappa shape index (κ3) is 4.97. The van der Waals surface area contributed by atoms with Crippen molar-refractivity contribution in [2.75, 3.05) is 20.6 Å². The zero-order valence-electron chi connectivity index (χ0n) is 9.84. The molecule has 0 saturated heterocycles. The molecule has 1 fully saturated rings. The van der Waals surface area contributed by atoms with Gasteiger partial charge in [-0.15, -0.1) is 0 Å². The summed E-state index contributed by atoms with van der Waals surface area (Å²) >= 11 is 0. The normalized spacial score (nSPS) is 21.4. The van der Waals surface area contributed by atoms with Gasteiger partial charge in [-0.2, -0.15) is 0 Å². The fourth-order valence-electron chi connectivity index (χ4n) is 2.39. The Labute approximate surface area is 88.8 Å². The van der Waals surface area contributed by atoms with Crippen LogP contribution in [0, 0.1) is 5.92 Å². The first-order chi connectivity index (χ1) is 6.68. The second kappa shape index (κ2) is 6.41. The zero-order chi connectivity index (χ0) is 10.4. The Bertz CT molecular complexity index is 139. The van der Waals surface area contributed by atoms with Crippen LogP contribution in [0.3, 0.4) is 0 Å². The van der Waals surface area contributed by atoms with Crippen LogP contribution in [0.2, 0.25) is 0 Å². The number of hydrogen-bond donors (Lipinski definition) is 1. The molecule has 0 aromatic carbocycles. The van der Waals surface area contributed by atoms with Gasteiger partial charge in [0, 0.05) is 6.04 Å². The Kier molecular flexibility index (Phi) is 5.49. The van der Waals surface area contributed by atoms with E-state index < -0.39 is 0 Å². The molecule has 1 aliphatic carbocycles. The summed E-state index contributed by atoms with van der Waals surface area (Å²) in [5, 5.41) is 0. The molecule has 0 bridgehead atoms. The van der Waals surface area contributed by atoms with Gasteiger partial charge in [0.1, 0.15) is 0 Å². The molecule has 1 rings (SSSR count). The Balaban J connectivity index is 2.09. The van der Waals surface area contributed by atoms with E-state index in [-0.39, 0.29) is 0 Å². The summed E-state index contributed by atoms with van der Waals surface area (Å²) in [5.74, 6) is 0.931. The minimum absolute atomic E-state index is 0.431. The van der Waals surface area contributed by atoms with Gasteiger partial charge in [0.05, 0.1) is 0 Å². The zero-order valence-corrected chi connectivity index (χ0v) is 9.84. The van der Waals surface area contributed by atoms with Crippen LogP contribution in [0.25, 0.3) is 0 Å². The molecule has 1 unspecified atom stereocenters. The van der Waals surface area contributed by atoms with Crippen molar-refractivity contribution >= 4 is 0 Å². The molecular formula is C12H26N2. The van der Waals surface area contributed by atoms with E-state index in [4.69, 9.17) is 5.73 Å². The molecule has 2 N–H and O–H groups in total. The van der Waals surface area contributed by atoms with Crippen molar-refractivity contribution in [3.8, 4) is 0 Å². The summed E-state index contributed by atoms with van der Waals surface area (Å²) in [6.07, 6.45) is 9.59. The highest BCUT2D eigenvalue weighted by molar-refractivity contribution is 4.72. The fraction of sp³-hybridized carbons (Fsp3) is 1.00. The van der Waals surface area contributed by atoms with Gasteiger partial charge >= 0.3 is 0 Å². The maximum absolute atomic E-state index is 6.13. The quantitative estimate of drug-likeness (QED) is 0.734. The van der Waals surface area contributed by atoms with E-state index in [2.05, 4.69) is 19.0 Å². The maximum Gasteiger partial charge on any atom is 0.00536 e. The monoisotopic (exact) mass is 198 g/mol. The summed E-state index contributed by atoms with van der Waals surface area (Å²) < 4.78 is 0. The van der Waals surface area contributed by atoms with Gasteiger partial charge < -0.3 is 10.6 Å². The molecule has 0 aliphatic heterocycles. The third-order valence-electron chi connectivity index (χ3n) is 3.31. The molecule has 1 aliphatic rings. The van der Waals surface area contributed by atoms with Crippen LogP contribution in [0.4, 0.5) is 0 Å². The molecule has 0 radical (unpaired) electrons.